The van der Waals surface area contributed by atoms with Gasteiger partial charge < -0.3 is 9.84 Å². The van der Waals surface area contributed by atoms with E-state index in [0.29, 0.717) is 12.4 Å². The summed E-state index contributed by atoms with van der Waals surface area (Å²) in [5.41, 5.74) is 2.42. The zero-order valence-corrected chi connectivity index (χ0v) is 6.21. The molecule has 0 fully saturated rings. The molecule has 2 heteroatoms. The number of fused-ring (bicyclic) bond motifs is 1. The van der Waals surface area contributed by atoms with E-state index in [2.05, 4.69) is 0 Å². The van der Waals surface area contributed by atoms with E-state index in [1.807, 2.05) is 12.1 Å². The average molecular weight is 150 g/mol. The molecule has 1 aromatic carbocycles. The predicted octanol–water partition coefficient (Wildman–Crippen LogP) is 1.46. The predicted molar refractivity (Wildman–Crippen MR) is 41.5 cm³/mol. The van der Waals surface area contributed by atoms with E-state index in [4.69, 9.17) is 9.84 Å². The van der Waals surface area contributed by atoms with Gasteiger partial charge in [0.15, 0.2) is 0 Å². The van der Waals surface area contributed by atoms with Crippen molar-refractivity contribution < 1.29 is 9.84 Å². The number of phenolic OH excluding ortho intramolecular Hbond substituents is 1. The third-order valence-corrected chi connectivity index (χ3v) is 1.96. The number of benzene rings is 1. The van der Waals surface area contributed by atoms with Gasteiger partial charge in [-0.05, 0) is 29.7 Å². The number of ether oxygens (including phenoxy) is 1. The van der Waals surface area contributed by atoms with E-state index in [9.17, 15) is 0 Å². The molecule has 0 saturated carbocycles. The molecule has 0 aromatic heterocycles. The van der Waals surface area contributed by atoms with Crippen molar-refractivity contribution in [3.05, 3.63) is 29.3 Å². The lowest BCUT2D eigenvalue weighted by molar-refractivity contribution is 0.110. The number of aromatic hydroxyl groups is 1. The van der Waals surface area contributed by atoms with Crippen LogP contribution in [0.25, 0.3) is 0 Å². The fraction of sp³-hybridized carbons (Fsp3) is 0.333. The van der Waals surface area contributed by atoms with Crippen molar-refractivity contribution in [1.82, 2.24) is 0 Å². The maximum absolute atomic E-state index is 9.15. The molecule has 1 N–H and O–H groups in total. The quantitative estimate of drug-likeness (QED) is 0.606. The Morgan fingerprint density at radius 3 is 3.09 bits per heavy atom. The highest BCUT2D eigenvalue weighted by atomic mass is 16.5. The zero-order chi connectivity index (χ0) is 7.68. The molecular weight excluding hydrogens is 140 g/mol. The first-order valence-corrected chi connectivity index (χ1v) is 3.75. The highest BCUT2D eigenvalue weighted by molar-refractivity contribution is 5.35. The maximum atomic E-state index is 9.15. The largest absolute Gasteiger partial charge is 0.508 e. The normalized spacial score (nSPS) is 16.0. The molecule has 2 nitrogen and oxygen atoms in total. The molecular formula is C9H10O2. The lowest BCUT2D eigenvalue weighted by Crippen LogP contribution is -2.08. The van der Waals surface area contributed by atoms with Crippen molar-refractivity contribution in [1.29, 1.82) is 0 Å². The molecule has 11 heavy (non-hydrogen) atoms. The Kier molecular flexibility index (Phi) is 1.55. The van der Waals surface area contributed by atoms with Gasteiger partial charge in [0.1, 0.15) is 5.75 Å². The summed E-state index contributed by atoms with van der Waals surface area (Å²) in [4.78, 5) is 0. The van der Waals surface area contributed by atoms with E-state index in [0.717, 1.165) is 13.0 Å². The molecule has 0 aliphatic carbocycles. The summed E-state index contributed by atoms with van der Waals surface area (Å²) in [6.07, 6.45) is 0.920. The van der Waals surface area contributed by atoms with Crippen molar-refractivity contribution in [3.63, 3.8) is 0 Å². The summed E-state index contributed by atoms with van der Waals surface area (Å²) >= 11 is 0. The smallest absolute Gasteiger partial charge is 0.115 e. The summed E-state index contributed by atoms with van der Waals surface area (Å²) in [5, 5.41) is 9.15. The summed E-state index contributed by atoms with van der Waals surface area (Å²) in [7, 11) is 0. The molecule has 0 amide bonds. The Hall–Kier alpha value is -1.02. The highest BCUT2D eigenvalue weighted by Crippen LogP contribution is 2.20. The van der Waals surface area contributed by atoms with Crippen molar-refractivity contribution in [2.75, 3.05) is 6.61 Å². The molecule has 58 valence electrons. The lowest BCUT2D eigenvalue weighted by atomic mass is 10.0. The van der Waals surface area contributed by atoms with Crippen LogP contribution in [0.1, 0.15) is 11.1 Å². The minimum Gasteiger partial charge on any atom is -0.508 e. The average Bonchev–Trinajstić information content (AvgIpc) is 2.04. The fourth-order valence-electron chi connectivity index (χ4n) is 1.35. The van der Waals surface area contributed by atoms with Crippen LogP contribution in [0.5, 0.6) is 5.75 Å². The number of hydrogen-bond donors (Lipinski definition) is 1. The SMILES string of the molecule is Oc1ccc2c(c1)CCOC2. The van der Waals surface area contributed by atoms with Gasteiger partial charge in [-0.2, -0.15) is 0 Å². The molecule has 0 spiro atoms. The molecule has 0 saturated heterocycles. The third kappa shape index (κ3) is 1.21. The van der Waals surface area contributed by atoms with Gasteiger partial charge in [0.2, 0.25) is 0 Å². The molecule has 1 aromatic rings. The van der Waals surface area contributed by atoms with Crippen molar-refractivity contribution >= 4 is 0 Å². The van der Waals surface area contributed by atoms with Crippen molar-refractivity contribution in [2.24, 2.45) is 0 Å². The molecule has 1 heterocycles. The number of phenols is 1. The number of rotatable bonds is 0. The van der Waals surface area contributed by atoms with Gasteiger partial charge in [-0.25, -0.2) is 0 Å². The summed E-state index contributed by atoms with van der Waals surface area (Å²) < 4.78 is 5.25. The van der Waals surface area contributed by atoms with Crippen LogP contribution in [0.4, 0.5) is 0 Å². The van der Waals surface area contributed by atoms with E-state index in [1.165, 1.54) is 11.1 Å². The van der Waals surface area contributed by atoms with Crippen LogP contribution in [-0.2, 0) is 17.8 Å². The summed E-state index contributed by atoms with van der Waals surface area (Å²) in [6, 6.07) is 5.44. The van der Waals surface area contributed by atoms with E-state index < -0.39 is 0 Å². The Morgan fingerprint density at radius 2 is 2.18 bits per heavy atom. The molecule has 1 aliphatic heterocycles. The highest BCUT2D eigenvalue weighted by Gasteiger charge is 2.08. The van der Waals surface area contributed by atoms with Crippen LogP contribution in [0.15, 0.2) is 18.2 Å². The standard InChI is InChI=1S/C9H10O2/c10-9-2-1-8-6-11-4-3-7(8)5-9/h1-2,5,10H,3-4,6H2. The van der Waals surface area contributed by atoms with Crippen LogP contribution in [-0.4, -0.2) is 11.7 Å². The first-order valence-electron chi connectivity index (χ1n) is 3.75. The number of hydrogen-bond acceptors (Lipinski definition) is 2. The topological polar surface area (TPSA) is 29.5 Å². The molecule has 1 aliphatic rings. The molecule has 0 radical (unpaired) electrons. The first kappa shape index (κ1) is 6.68. The van der Waals surface area contributed by atoms with Crippen LogP contribution < -0.4 is 0 Å². The van der Waals surface area contributed by atoms with Gasteiger partial charge in [-0.3, -0.25) is 0 Å². The minimum absolute atomic E-state index is 0.352. The van der Waals surface area contributed by atoms with Gasteiger partial charge >= 0.3 is 0 Å². The lowest BCUT2D eigenvalue weighted by Gasteiger charge is -2.15. The Labute approximate surface area is 65.4 Å². The van der Waals surface area contributed by atoms with Crippen LogP contribution in [0, 0.1) is 0 Å². The van der Waals surface area contributed by atoms with E-state index in [1.54, 1.807) is 6.07 Å². The van der Waals surface area contributed by atoms with Gasteiger partial charge in [0.25, 0.3) is 0 Å². The van der Waals surface area contributed by atoms with Crippen molar-refractivity contribution in [3.8, 4) is 5.75 Å². The van der Waals surface area contributed by atoms with Gasteiger partial charge in [0, 0.05) is 0 Å². The monoisotopic (exact) mass is 150 g/mol. The second-order valence-corrected chi connectivity index (χ2v) is 2.76. The summed E-state index contributed by atoms with van der Waals surface area (Å²) in [5.74, 6) is 0.352. The fourth-order valence-corrected chi connectivity index (χ4v) is 1.35. The Bertz CT molecular complexity index is 268. The zero-order valence-electron chi connectivity index (χ0n) is 6.21. The second kappa shape index (κ2) is 2.55. The summed E-state index contributed by atoms with van der Waals surface area (Å²) in [6.45, 7) is 1.46. The third-order valence-electron chi connectivity index (χ3n) is 1.96. The van der Waals surface area contributed by atoms with Crippen LogP contribution >= 0.6 is 0 Å². The van der Waals surface area contributed by atoms with Crippen molar-refractivity contribution in [2.45, 2.75) is 13.0 Å². The molecule has 0 unspecified atom stereocenters. The van der Waals surface area contributed by atoms with E-state index >= 15 is 0 Å². The van der Waals surface area contributed by atoms with Crippen LogP contribution in [0.2, 0.25) is 0 Å². The minimum atomic E-state index is 0.352. The first-order chi connectivity index (χ1) is 5.36. The molecule has 0 atom stereocenters. The Morgan fingerprint density at radius 1 is 1.27 bits per heavy atom. The van der Waals surface area contributed by atoms with Gasteiger partial charge in [0.05, 0.1) is 13.2 Å². The molecule has 2 rings (SSSR count). The van der Waals surface area contributed by atoms with Crippen LogP contribution in [0.3, 0.4) is 0 Å². The maximum Gasteiger partial charge on any atom is 0.115 e. The van der Waals surface area contributed by atoms with E-state index in [-0.39, 0.29) is 0 Å². The Balaban J connectivity index is 2.43. The van der Waals surface area contributed by atoms with Gasteiger partial charge in [-0.15, -0.1) is 0 Å². The van der Waals surface area contributed by atoms with Gasteiger partial charge in [-0.1, -0.05) is 6.07 Å². The second-order valence-electron chi connectivity index (χ2n) is 2.76. The molecule has 0 bridgehead atoms.